The molecule has 1 rings (SSSR count). The predicted molar refractivity (Wildman–Crippen MR) is 62.4 cm³/mol. The van der Waals surface area contributed by atoms with Gasteiger partial charge in [0.1, 0.15) is 6.07 Å². The summed E-state index contributed by atoms with van der Waals surface area (Å²) in [6.07, 6.45) is 0. The zero-order valence-corrected chi connectivity index (χ0v) is 10.3. The quantitative estimate of drug-likeness (QED) is 0.892. The summed E-state index contributed by atoms with van der Waals surface area (Å²) in [6.45, 7) is 0. The molecule has 0 saturated carbocycles. The second kappa shape index (κ2) is 4.70. The van der Waals surface area contributed by atoms with E-state index >= 15 is 0 Å². The fourth-order valence-electron chi connectivity index (χ4n) is 0.909. The van der Waals surface area contributed by atoms with Gasteiger partial charge in [0.05, 0.1) is 16.3 Å². The minimum atomic E-state index is -3.55. The third kappa shape index (κ3) is 2.85. The van der Waals surface area contributed by atoms with Crippen molar-refractivity contribution < 1.29 is 8.42 Å². The van der Waals surface area contributed by atoms with Gasteiger partial charge in [-0.3, -0.25) is 4.72 Å². The van der Waals surface area contributed by atoms with E-state index in [2.05, 4.69) is 4.72 Å². The molecule has 0 atom stereocenters. The highest BCUT2D eigenvalue weighted by atomic mass is 35.5. The maximum atomic E-state index is 11.5. The molecule has 5 nitrogen and oxygen atoms in total. The summed E-state index contributed by atoms with van der Waals surface area (Å²) in [5, 5.41) is 8.86. The molecule has 0 aliphatic carbocycles. The summed E-state index contributed by atoms with van der Waals surface area (Å²) in [5.74, 6) is 0. The second-order valence-electron chi connectivity index (χ2n) is 3.20. The zero-order chi connectivity index (χ0) is 12.3. The Morgan fingerprint density at radius 3 is 2.50 bits per heavy atom. The van der Waals surface area contributed by atoms with Gasteiger partial charge >= 0.3 is 10.2 Å². The van der Waals surface area contributed by atoms with Gasteiger partial charge in [0.2, 0.25) is 0 Å². The lowest BCUT2D eigenvalue weighted by Crippen LogP contribution is -2.28. The first-order chi connectivity index (χ1) is 7.36. The van der Waals surface area contributed by atoms with Crippen LogP contribution in [0, 0.1) is 11.3 Å². The van der Waals surface area contributed by atoms with E-state index in [1.807, 2.05) is 6.07 Å². The van der Waals surface area contributed by atoms with Gasteiger partial charge in [-0.05, 0) is 18.2 Å². The summed E-state index contributed by atoms with van der Waals surface area (Å²) in [5.41, 5.74) is 0.618. The van der Waals surface area contributed by atoms with Gasteiger partial charge in [-0.15, -0.1) is 0 Å². The van der Waals surface area contributed by atoms with Crippen molar-refractivity contribution in [3.8, 4) is 6.07 Å². The monoisotopic (exact) mass is 259 g/mol. The average Bonchev–Trinajstić information content (AvgIpc) is 2.17. The second-order valence-corrected chi connectivity index (χ2v) is 5.49. The summed E-state index contributed by atoms with van der Waals surface area (Å²) in [7, 11) is -0.725. The molecule has 0 saturated heterocycles. The first-order valence-electron chi connectivity index (χ1n) is 4.27. The van der Waals surface area contributed by atoms with Crippen LogP contribution >= 0.6 is 11.6 Å². The van der Waals surface area contributed by atoms with Crippen LogP contribution in [0.4, 0.5) is 5.69 Å². The maximum absolute atomic E-state index is 11.5. The lowest BCUT2D eigenvalue weighted by Gasteiger charge is -2.13. The Hall–Kier alpha value is -1.29. The number of hydrogen-bond acceptors (Lipinski definition) is 3. The van der Waals surface area contributed by atoms with Crippen LogP contribution in [0.5, 0.6) is 0 Å². The molecule has 0 spiro atoms. The predicted octanol–water partition coefficient (Wildman–Crippen LogP) is 1.43. The highest BCUT2D eigenvalue weighted by Gasteiger charge is 2.13. The summed E-state index contributed by atoms with van der Waals surface area (Å²) < 4.78 is 26.3. The molecule has 1 aromatic carbocycles. The van der Waals surface area contributed by atoms with Gasteiger partial charge < -0.3 is 0 Å². The zero-order valence-electron chi connectivity index (χ0n) is 8.73. The number of rotatable bonds is 3. The van der Waals surface area contributed by atoms with Crippen molar-refractivity contribution in [1.29, 1.82) is 5.26 Å². The minimum absolute atomic E-state index is 0.210. The van der Waals surface area contributed by atoms with Crippen molar-refractivity contribution in [1.82, 2.24) is 4.31 Å². The molecule has 86 valence electrons. The lowest BCUT2D eigenvalue weighted by atomic mass is 10.2. The van der Waals surface area contributed by atoms with Crippen LogP contribution in [0.2, 0.25) is 5.02 Å². The first kappa shape index (κ1) is 12.8. The third-order valence-electron chi connectivity index (χ3n) is 1.82. The molecular weight excluding hydrogens is 250 g/mol. The average molecular weight is 260 g/mol. The fraction of sp³-hybridized carbons (Fsp3) is 0.222. The molecule has 0 radical (unpaired) electrons. The number of nitrogens with one attached hydrogen (secondary N) is 1. The molecule has 0 aromatic heterocycles. The summed E-state index contributed by atoms with van der Waals surface area (Å²) in [4.78, 5) is 0. The van der Waals surface area contributed by atoms with Crippen LogP contribution in [0.1, 0.15) is 5.56 Å². The van der Waals surface area contributed by atoms with Gasteiger partial charge in [-0.25, -0.2) is 0 Å². The highest BCUT2D eigenvalue weighted by molar-refractivity contribution is 7.90. The largest absolute Gasteiger partial charge is 0.301 e. The van der Waals surface area contributed by atoms with Gasteiger partial charge in [-0.1, -0.05) is 11.6 Å². The summed E-state index contributed by atoms with van der Waals surface area (Å²) in [6, 6.07) is 6.21. The molecule has 0 unspecified atom stereocenters. The molecular formula is C9H10ClN3O2S. The number of hydrogen-bond donors (Lipinski definition) is 1. The highest BCUT2D eigenvalue weighted by Crippen LogP contribution is 2.21. The number of nitriles is 1. The van der Waals surface area contributed by atoms with E-state index in [-0.39, 0.29) is 5.02 Å². The molecule has 16 heavy (non-hydrogen) atoms. The Labute approximate surface area is 99.4 Å². The Kier molecular flexibility index (Phi) is 3.75. The van der Waals surface area contributed by atoms with Crippen LogP contribution < -0.4 is 4.72 Å². The lowest BCUT2D eigenvalue weighted by molar-refractivity contribution is 0.527. The molecule has 0 amide bonds. The van der Waals surface area contributed by atoms with E-state index in [9.17, 15) is 8.42 Å². The number of nitrogens with zero attached hydrogens (tertiary/aromatic N) is 2. The van der Waals surface area contributed by atoms with Crippen molar-refractivity contribution in [2.24, 2.45) is 0 Å². The van der Waals surface area contributed by atoms with Crippen LogP contribution in [0.15, 0.2) is 18.2 Å². The van der Waals surface area contributed by atoms with E-state index in [1.165, 1.54) is 32.3 Å². The van der Waals surface area contributed by atoms with E-state index < -0.39 is 10.2 Å². The van der Waals surface area contributed by atoms with Crippen LogP contribution in [-0.4, -0.2) is 26.8 Å². The van der Waals surface area contributed by atoms with Gasteiger partial charge in [0.15, 0.2) is 0 Å². The van der Waals surface area contributed by atoms with Crippen molar-refractivity contribution in [2.45, 2.75) is 0 Å². The van der Waals surface area contributed by atoms with Crippen molar-refractivity contribution in [3.63, 3.8) is 0 Å². The molecule has 0 heterocycles. The van der Waals surface area contributed by atoms with Crippen LogP contribution in [0.25, 0.3) is 0 Å². The van der Waals surface area contributed by atoms with Gasteiger partial charge in [0, 0.05) is 14.1 Å². The standard InChI is InChI=1S/C9H10ClN3O2S/c1-13(2)16(14,15)12-8-4-3-7(6-11)9(10)5-8/h3-5,12H,1-2H3. The van der Waals surface area contributed by atoms with Crippen molar-refractivity contribution in [3.05, 3.63) is 28.8 Å². The number of benzene rings is 1. The molecule has 1 aromatic rings. The normalized spacial score (nSPS) is 11.2. The number of halogens is 1. The maximum Gasteiger partial charge on any atom is 0.301 e. The first-order valence-corrected chi connectivity index (χ1v) is 6.08. The van der Waals surface area contributed by atoms with E-state index in [0.717, 1.165) is 4.31 Å². The molecule has 1 N–H and O–H groups in total. The summed E-state index contributed by atoms with van der Waals surface area (Å²) >= 11 is 5.77. The SMILES string of the molecule is CN(C)S(=O)(=O)Nc1ccc(C#N)c(Cl)c1. The van der Waals surface area contributed by atoms with E-state index in [0.29, 0.717) is 11.3 Å². The molecule has 0 bridgehead atoms. The topological polar surface area (TPSA) is 73.2 Å². The smallest absolute Gasteiger partial charge is 0.271 e. The third-order valence-corrected chi connectivity index (χ3v) is 3.58. The van der Waals surface area contributed by atoms with E-state index in [1.54, 1.807) is 0 Å². The molecule has 0 aliphatic heterocycles. The van der Waals surface area contributed by atoms with E-state index in [4.69, 9.17) is 16.9 Å². The van der Waals surface area contributed by atoms with Crippen LogP contribution in [-0.2, 0) is 10.2 Å². The van der Waals surface area contributed by atoms with Crippen molar-refractivity contribution >= 4 is 27.5 Å². The Balaban J connectivity index is 3.02. The Morgan fingerprint density at radius 1 is 1.44 bits per heavy atom. The molecule has 7 heteroatoms. The van der Waals surface area contributed by atoms with Crippen LogP contribution in [0.3, 0.4) is 0 Å². The molecule has 0 aliphatic rings. The Morgan fingerprint density at radius 2 is 2.06 bits per heavy atom. The fourth-order valence-corrected chi connectivity index (χ4v) is 1.74. The van der Waals surface area contributed by atoms with Crippen molar-refractivity contribution in [2.75, 3.05) is 18.8 Å². The van der Waals surface area contributed by atoms with Gasteiger partial charge in [-0.2, -0.15) is 18.0 Å². The molecule has 0 fully saturated rings. The Bertz CT molecular complexity index is 534. The minimum Gasteiger partial charge on any atom is -0.271 e. The van der Waals surface area contributed by atoms with Gasteiger partial charge in [0.25, 0.3) is 0 Å². The number of anilines is 1.